The van der Waals surface area contributed by atoms with Crippen LogP contribution in [0.25, 0.3) is 16.9 Å². The molecule has 8 heteroatoms. The number of hydrogen-bond donors (Lipinski definition) is 1. The molecular weight excluding hydrogens is 523 g/mol. The highest BCUT2D eigenvalue weighted by molar-refractivity contribution is 8.00. The first-order chi connectivity index (χ1) is 19.2. The molecule has 0 bridgehead atoms. The molecule has 1 atom stereocenters. The predicted octanol–water partition coefficient (Wildman–Crippen LogP) is 6.24. The van der Waals surface area contributed by atoms with Gasteiger partial charge in [-0.1, -0.05) is 68.4 Å². The molecule has 0 radical (unpaired) electrons. The second-order valence-electron chi connectivity index (χ2n) is 10.5. The number of fused-ring (bicyclic) bond motifs is 1. The van der Waals surface area contributed by atoms with Crippen LogP contribution in [0.5, 0.6) is 0 Å². The number of carbonyl (C=O) groups excluding carboxylic acids is 2. The average Bonchev–Trinajstić information content (AvgIpc) is 3.25. The Kier molecular flexibility index (Phi) is 8.07. The quantitative estimate of drug-likeness (QED) is 0.293. The van der Waals surface area contributed by atoms with E-state index in [-0.39, 0.29) is 41.1 Å². The van der Waals surface area contributed by atoms with Gasteiger partial charge in [0.2, 0.25) is 11.8 Å². The van der Waals surface area contributed by atoms with Crippen molar-refractivity contribution in [1.29, 1.82) is 0 Å². The minimum absolute atomic E-state index is 0.133. The van der Waals surface area contributed by atoms with Gasteiger partial charge in [0.05, 0.1) is 22.4 Å². The van der Waals surface area contributed by atoms with Gasteiger partial charge >= 0.3 is 0 Å². The van der Waals surface area contributed by atoms with E-state index in [0.717, 1.165) is 33.5 Å². The summed E-state index contributed by atoms with van der Waals surface area (Å²) < 4.78 is 16.3. The van der Waals surface area contributed by atoms with Crippen LogP contribution in [0.3, 0.4) is 0 Å². The lowest BCUT2D eigenvalue weighted by Crippen LogP contribution is -2.43. The number of halogens is 1. The van der Waals surface area contributed by atoms with Gasteiger partial charge in [-0.3, -0.25) is 14.5 Å². The van der Waals surface area contributed by atoms with Crippen molar-refractivity contribution < 1.29 is 14.0 Å². The lowest BCUT2D eigenvalue weighted by atomic mass is 9.99. The number of benzene rings is 3. The normalized spacial score (nSPS) is 15.2. The minimum atomic E-state index is -0.382. The molecule has 2 heterocycles. The topological polar surface area (TPSA) is 67.2 Å². The number of aromatic nitrogens is 2. The number of hydrogen-bond acceptors (Lipinski definition) is 4. The fourth-order valence-corrected chi connectivity index (χ4v) is 6.10. The second-order valence-corrected chi connectivity index (χ2v) is 11.6. The number of anilines is 1. The summed E-state index contributed by atoms with van der Waals surface area (Å²) in [4.78, 5) is 28.5. The summed E-state index contributed by atoms with van der Waals surface area (Å²) in [5, 5.41) is 7.69. The third kappa shape index (κ3) is 5.54. The summed E-state index contributed by atoms with van der Waals surface area (Å²) in [5.74, 6) is 0.166. The van der Waals surface area contributed by atoms with Crippen molar-refractivity contribution in [3.63, 3.8) is 0 Å². The van der Waals surface area contributed by atoms with Crippen molar-refractivity contribution >= 4 is 29.4 Å². The molecule has 0 spiro atoms. The highest BCUT2D eigenvalue weighted by Crippen LogP contribution is 2.48. The van der Waals surface area contributed by atoms with Crippen LogP contribution in [0.4, 0.5) is 10.2 Å². The first kappa shape index (κ1) is 27.6. The molecule has 0 unspecified atom stereocenters. The van der Waals surface area contributed by atoms with Gasteiger partial charge in [-0.2, -0.15) is 5.10 Å². The molecule has 0 aliphatic carbocycles. The Bertz CT molecular complexity index is 1550. The maximum Gasteiger partial charge on any atom is 0.240 e. The van der Waals surface area contributed by atoms with Gasteiger partial charge in [0.1, 0.15) is 18.2 Å². The molecule has 4 aromatic rings. The van der Waals surface area contributed by atoms with E-state index >= 15 is 0 Å². The van der Waals surface area contributed by atoms with Crippen molar-refractivity contribution in [2.45, 2.75) is 32.9 Å². The van der Waals surface area contributed by atoms with E-state index < -0.39 is 0 Å². The van der Waals surface area contributed by atoms with Gasteiger partial charge in [-0.05, 0) is 54.7 Å². The van der Waals surface area contributed by atoms with Crippen molar-refractivity contribution in [2.24, 2.45) is 5.92 Å². The Morgan fingerprint density at radius 3 is 2.55 bits per heavy atom. The van der Waals surface area contributed by atoms with E-state index in [9.17, 15) is 14.0 Å². The first-order valence-electron chi connectivity index (χ1n) is 13.4. The summed E-state index contributed by atoms with van der Waals surface area (Å²) in [6.45, 7) is 8.49. The first-order valence-corrected chi connectivity index (χ1v) is 14.5. The maximum absolute atomic E-state index is 14.5. The predicted molar refractivity (Wildman–Crippen MR) is 159 cm³/mol. The van der Waals surface area contributed by atoms with Crippen molar-refractivity contribution in [1.82, 2.24) is 15.1 Å². The molecule has 1 aliphatic heterocycles. The highest BCUT2D eigenvalue weighted by Gasteiger charge is 2.38. The molecule has 206 valence electrons. The zero-order valence-corrected chi connectivity index (χ0v) is 24.0. The van der Waals surface area contributed by atoms with Crippen LogP contribution in [0.15, 0.2) is 72.8 Å². The Morgan fingerprint density at radius 1 is 1.07 bits per heavy atom. The van der Waals surface area contributed by atoms with Crippen LogP contribution >= 0.6 is 11.8 Å². The number of carbonyl (C=O) groups is 2. The fourth-order valence-electron chi connectivity index (χ4n) is 4.91. The maximum atomic E-state index is 14.5. The van der Waals surface area contributed by atoms with E-state index in [1.807, 2.05) is 82.3 Å². The number of nitrogens with one attached hydrogen (secondary N) is 1. The lowest BCUT2D eigenvalue weighted by Gasteiger charge is -2.24. The SMILES string of the molecule is Cc1cccc(-n2nc(-c3ccccc3)c3c2N(CC(=O)NCC(C)C)C(=O)CS[C@@H]3c2cccc(F)c2)c1C. The molecule has 40 heavy (non-hydrogen) atoms. The van der Waals surface area contributed by atoms with Gasteiger partial charge in [0.25, 0.3) is 0 Å². The monoisotopic (exact) mass is 556 g/mol. The van der Waals surface area contributed by atoms with Crippen molar-refractivity contribution in [2.75, 3.05) is 23.7 Å². The third-order valence-corrected chi connectivity index (χ3v) is 8.36. The van der Waals surface area contributed by atoms with Crippen LogP contribution in [0, 0.1) is 25.6 Å². The molecule has 5 rings (SSSR count). The number of thioether (sulfide) groups is 1. The fraction of sp³-hybridized carbons (Fsp3) is 0.281. The number of nitrogens with zero attached hydrogens (tertiary/aromatic N) is 3. The third-order valence-electron chi connectivity index (χ3n) is 7.10. The van der Waals surface area contributed by atoms with Gasteiger partial charge in [-0.25, -0.2) is 9.07 Å². The smallest absolute Gasteiger partial charge is 0.240 e. The largest absolute Gasteiger partial charge is 0.354 e. The lowest BCUT2D eigenvalue weighted by molar-refractivity contribution is -0.123. The highest BCUT2D eigenvalue weighted by atomic mass is 32.2. The van der Waals surface area contributed by atoms with Gasteiger partial charge in [0, 0.05) is 17.7 Å². The van der Waals surface area contributed by atoms with Crippen LogP contribution in [0.2, 0.25) is 0 Å². The van der Waals surface area contributed by atoms with Crippen LogP contribution in [-0.2, 0) is 9.59 Å². The van der Waals surface area contributed by atoms with Gasteiger partial charge in [0.15, 0.2) is 0 Å². The summed E-state index contributed by atoms with van der Waals surface area (Å²) in [6.07, 6.45) is 0. The van der Waals surface area contributed by atoms with Crippen LogP contribution in [-0.4, -0.2) is 40.4 Å². The number of rotatable bonds is 7. The van der Waals surface area contributed by atoms with Crippen molar-refractivity contribution in [3.8, 4) is 16.9 Å². The Labute approximate surface area is 238 Å². The Morgan fingerprint density at radius 2 is 1.82 bits per heavy atom. The number of amides is 2. The van der Waals surface area contributed by atoms with Crippen molar-refractivity contribution in [3.05, 3.63) is 101 Å². The molecule has 1 N–H and O–H groups in total. The molecular formula is C32H33FN4O2S. The van der Waals surface area contributed by atoms with Gasteiger partial charge in [-0.15, -0.1) is 11.8 Å². The van der Waals surface area contributed by atoms with E-state index in [1.165, 1.54) is 23.9 Å². The van der Waals surface area contributed by atoms with E-state index in [0.29, 0.717) is 18.1 Å². The summed E-state index contributed by atoms with van der Waals surface area (Å²) >= 11 is 1.43. The van der Waals surface area contributed by atoms with Crippen LogP contribution in [0.1, 0.15) is 41.4 Å². The zero-order valence-electron chi connectivity index (χ0n) is 23.1. The molecule has 0 fully saturated rings. The molecule has 1 aliphatic rings. The second kappa shape index (κ2) is 11.7. The molecule has 0 saturated heterocycles. The molecule has 0 saturated carbocycles. The average molecular weight is 557 g/mol. The van der Waals surface area contributed by atoms with Crippen LogP contribution < -0.4 is 10.2 Å². The summed E-state index contributed by atoms with van der Waals surface area (Å²) in [6, 6.07) is 22.3. The Hall–Kier alpha value is -3.91. The Balaban J connectivity index is 1.80. The van der Waals surface area contributed by atoms with E-state index in [1.54, 1.807) is 15.6 Å². The molecule has 2 amide bonds. The number of aryl methyl sites for hydroxylation is 1. The standard InChI is InChI=1S/C32H33FN4O2S/c1-20(2)17-34-27(38)18-36-28(39)19-40-31(24-13-9-14-25(33)16-24)29-30(23-11-6-5-7-12-23)35-37(32(29)36)26-15-8-10-21(3)22(26)4/h5-16,20,31H,17-19H2,1-4H3,(H,34,38)/t31-/m1/s1. The molecule has 1 aromatic heterocycles. The van der Waals surface area contributed by atoms with E-state index in [2.05, 4.69) is 5.32 Å². The minimum Gasteiger partial charge on any atom is -0.354 e. The summed E-state index contributed by atoms with van der Waals surface area (Å²) in [5.41, 5.74) is 6.02. The summed E-state index contributed by atoms with van der Waals surface area (Å²) in [7, 11) is 0. The molecule has 3 aromatic carbocycles. The van der Waals surface area contributed by atoms with E-state index in [4.69, 9.17) is 5.10 Å². The molecule has 6 nitrogen and oxygen atoms in total. The zero-order chi connectivity index (χ0) is 28.4. The van der Waals surface area contributed by atoms with Gasteiger partial charge < -0.3 is 5.32 Å².